The van der Waals surface area contributed by atoms with Gasteiger partial charge in [0.15, 0.2) is 6.29 Å². The zero-order valence-corrected chi connectivity index (χ0v) is 18.8. The smallest absolute Gasteiger partial charge is 0.186 e. The molecule has 170 valence electrons. The molecule has 0 spiro atoms. The van der Waals surface area contributed by atoms with E-state index in [4.69, 9.17) is 9.47 Å². The Morgan fingerprint density at radius 3 is 2.63 bits per heavy atom. The van der Waals surface area contributed by atoms with Gasteiger partial charge in [0.05, 0.1) is 13.2 Å². The van der Waals surface area contributed by atoms with Crippen LogP contribution in [0, 0.1) is 22.7 Å². The largest absolute Gasteiger partial charge is 0.394 e. The van der Waals surface area contributed by atoms with Crippen LogP contribution in [0.25, 0.3) is 0 Å². The molecule has 8 atom stereocenters. The molecule has 2 saturated carbocycles. The molecular weight excluding hydrogens is 380 g/mol. The third-order valence-corrected chi connectivity index (χ3v) is 8.22. The SMILES string of the molecule is C=C/C(C)=C/C[C@@H]1C(=C)CC[C@@H]2[C@@](C)(CO[C@@H]3O[C@@H](CO)[C@H](O)[C@H]3O)CCC[C@@]12C. The first-order chi connectivity index (χ1) is 14.2. The summed E-state index contributed by atoms with van der Waals surface area (Å²) in [4.78, 5) is 0. The van der Waals surface area contributed by atoms with Gasteiger partial charge in [-0.25, -0.2) is 0 Å². The monoisotopic (exact) mass is 420 g/mol. The summed E-state index contributed by atoms with van der Waals surface area (Å²) in [5.74, 6) is 0.934. The van der Waals surface area contributed by atoms with E-state index in [1.807, 2.05) is 6.08 Å². The minimum absolute atomic E-state index is 0.0333. The summed E-state index contributed by atoms with van der Waals surface area (Å²) in [6.07, 6.45) is 6.79. The zero-order chi connectivity index (χ0) is 22.1. The maximum Gasteiger partial charge on any atom is 0.186 e. The fourth-order valence-corrected chi connectivity index (χ4v) is 6.35. The van der Waals surface area contributed by atoms with Gasteiger partial charge in [-0.2, -0.15) is 0 Å². The van der Waals surface area contributed by atoms with Crippen molar-refractivity contribution in [3.8, 4) is 0 Å². The van der Waals surface area contributed by atoms with Crippen LogP contribution in [0.4, 0.5) is 0 Å². The molecule has 3 rings (SSSR count). The molecule has 0 unspecified atom stereocenters. The molecule has 0 bridgehead atoms. The van der Waals surface area contributed by atoms with E-state index in [0.29, 0.717) is 18.4 Å². The van der Waals surface area contributed by atoms with Crippen molar-refractivity contribution in [2.75, 3.05) is 13.2 Å². The second-order valence-electron chi connectivity index (χ2n) is 10.2. The lowest BCUT2D eigenvalue weighted by atomic mass is 9.47. The average Bonchev–Trinajstić information content (AvgIpc) is 2.99. The highest BCUT2D eigenvalue weighted by Gasteiger charge is 2.55. The fraction of sp³-hybridized carbons (Fsp3) is 0.760. The van der Waals surface area contributed by atoms with Gasteiger partial charge in [0.2, 0.25) is 0 Å². The number of ether oxygens (including phenoxy) is 2. The molecule has 0 amide bonds. The van der Waals surface area contributed by atoms with Crippen LogP contribution in [-0.4, -0.2) is 53.1 Å². The molecule has 3 aliphatic rings. The highest BCUT2D eigenvalue weighted by molar-refractivity contribution is 5.20. The van der Waals surface area contributed by atoms with Gasteiger partial charge in [-0.15, -0.1) is 0 Å². The van der Waals surface area contributed by atoms with E-state index in [9.17, 15) is 15.3 Å². The first-order valence-corrected chi connectivity index (χ1v) is 11.4. The van der Waals surface area contributed by atoms with Gasteiger partial charge in [-0.1, -0.05) is 56.7 Å². The standard InChI is InChI=1S/C25H40O5/c1-6-16(2)8-10-18-17(3)9-11-20-24(4,12-7-13-25(18,20)5)15-29-23-22(28)21(27)19(14-26)30-23/h6,8,18-23,26-28H,1,3,7,9-15H2,2,4-5H3/b16-8+/t18-,19+,20-,21+,22-,23-,24-,25+/m1/s1. The van der Waals surface area contributed by atoms with Gasteiger partial charge in [-0.3, -0.25) is 0 Å². The van der Waals surface area contributed by atoms with Crippen LogP contribution in [0.15, 0.2) is 36.5 Å². The Hall–Kier alpha value is -0.980. The second kappa shape index (κ2) is 9.25. The molecule has 30 heavy (non-hydrogen) atoms. The van der Waals surface area contributed by atoms with Gasteiger partial charge in [0, 0.05) is 0 Å². The zero-order valence-electron chi connectivity index (χ0n) is 18.8. The number of rotatable bonds is 7. The maximum absolute atomic E-state index is 10.2. The lowest BCUT2D eigenvalue weighted by Gasteiger charge is -2.58. The van der Waals surface area contributed by atoms with E-state index < -0.39 is 24.6 Å². The third kappa shape index (κ3) is 4.33. The molecule has 5 heteroatoms. The summed E-state index contributed by atoms with van der Waals surface area (Å²) in [6, 6.07) is 0. The molecule has 0 aromatic carbocycles. The molecule has 2 aliphatic carbocycles. The summed E-state index contributed by atoms with van der Waals surface area (Å²) in [5, 5.41) is 29.6. The van der Waals surface area contributed by atoms with Crippen molar-refractivity contribution < 1.29 is 24.8 Å². The summed E-state index contributed by atoms with van der Waals surface area (Å²) >= 11 is 0. The Labute approximate surface area is 181 Å². The summed E-state index contributed by atoms with van der Waals surface area (Å²) < 4.78 is 11.6. The predicted molar refractivity (Wildman–Crippen MR) is 118 cm³/mol. The average molecular weight is 421 g/mol. The number of aliphatic hydroxyl groups excluding tert-OH is 3. The molecule has 0 radical (unpaired) electrons. The van der Waals surface area contributed by atoms with Gasteiger partial charge in [-0.05, 0) is 61.7 Å². The molecular formula is C25H40O5. The van der Waals surface area contributed by atoms with Crippen LogP contribution in [-0.2, 0) is 9.47 Å². The Kier molecular flexibility index (Phi) is 7.30. The molecule has 1 aliphatic heterocycles. The van der Waals surface area contributed by atoms with E-state index in [1.54, 1.807) is 0 Å². The lowest BCUT2D eigenvalue weighted by Crippen LogP contribution is -2.52. The third-order valence-electron chi connectivity index (χ3n) is 8.22. The van der Waals surface area contributed by atoms with Crippen molar-refractivity contribution in [2.45, 2.75) is 83.9 Å². The molecule has 1 heterocycles. The first kappa shape index (κ1) is 23.7. The van der Waals surface area contributed by atoms with Crippen molar-refractivity contribution in [3.63, 3.8) is 0 Å². The predicted octanol–water partition coefficient (Wildman–Crippen LogP) is 3.74. The van der Waals surface area contributed by atoms with E-state index in [2.05, 4.69) is 40.0 Å². The van der Waals surface area contributed by atoms with Crippen molar-refractivity contribution in [1.29, 1.82) is 0 Å². The first-order valence-electron chi connectivity index (χ1n) is 11.4. The van der Waals surface area contributed by atoms with E-state index in [0.717, 1.165) is 32.1 Å². The number of fused-ring (bicyclic) bond motifs is 1. The van der Waals surface area contributed by atoms with E-state index in [1.165, 1.54) is 17.6 Å². The van der Waals surface area contributed by atoms with Crippen molar-refractivity contribution >= 4 is 0 Å². The normalized spacial score (nSPS) is 44.7. The van der Waals surface area contributed by atoms with Crippen LogP contribution in [0.1, 0.15) is 59.3 Å². The highest BCUT2D eigenvalue weighted by Crippen LogP contribution is 2.62. The second-order valence-corrected chi connectivity index (χ2v) is 10.2. The van der Waals surface area contributed by atoms with Crippen LogP contribution in [0.3, 0.4) is 0 Å². The van der Waals surface area contributed by atoms with Gasteiger partial charge in [0.25, 0.3) is 0 Å². The lowest BCUT2D eigenvalue weighted by molar-refractivity contribution is -0.201. The molecule has 0 aromatic rings. The molecule has 3 N–H and O–H groups in total. The number of hydrogen-bond acceptors (Lipinski definition) is 5. The summed E-state index contributed by atoms with van der Waals surface area (Å²) in [7, 11) is 0. The molecule has 0 aromatic heterocycles. The van der Waals surface area contributed by atoms with Crippen LogP contribution >= 0.6 is 0 Å². The maximum atomic E-state index is 10.2. The number of aliphatic hydroxyl groups is 3. The molecule has 3 fully saturated rings. The van der Waals surface area contributed by atoms with Crippen LogP contribution < -0.4 is 0 Å². The van der Waals surface area contributed by atoms with Crippen LogP contribution in [0.2, 0.25) is 0 Å². The number of allylic oxidation sites excluding steroid dienone is 4. The van der Waals surface area contributed by atoms with Crippen LogP contribution in [0.5, 0.6) is 0 Å². The van der Waals surface area contributed by atoms with Gasteiger partial charge in [0.1, 0.15) is 18.3 Å². The Bertz CT molecular complexity index is 672. The highest BCUT2D eigenvalue weighted by atomic mass is 16.7. The van der Waals surface area contributed by atoms with Gasteiger partial charge >= 0.3 is 0 Å². The van der Waals surface area contributed by atoms with Crippen molar-refractivity contribution in [3.05, 3.63) is 36.5 Å². The van der Waals surface area contributed by atoms with E-state index >= 15 is 0 Å². The minimum atomic E-state index is -1.13. The Morgan fingerprint density at radius 1 is 1.27 bits per heavy atom. The quantitative estimate of drug-likeness (QED) is 0.432. The Morgan fingerprint density at radius 2 is 2.00 bits per heavy atom. The van der Waals surface area contributed by atoms with Gasteiger partial charge < -0.3 is 24.8 Å². The summed E-state index contributed by atoms with van der Waals surface area (Å²) in [5.41, 5.74) is 2.69. The number of hydrogen-bond donors (Lipinski definition) is 3. The Balaban J connectivity index is 1.75. The fourth-order valence-electron chi connectivity index (χ4n) is 6.35. The molecule has 5 nitrogen and oxygen atoms in total. The molecule has 1 saturated heterocycles. The van der Waals surface area contributed by atoms with Crippen molar-refractivity contribution in [1.82, 2.24) is 0 Å². The van der Waals surface area contributed by atoms with Crippen molar-refractivity contribution in [2.24, 2.45) is 22.7 Å². The minimum Gasteiger partial charge on any atom is -0.394 e. The summed E-state index contributed by atoms with van der Waals surface area (Å²) in [6.45, 7) is 15.3. The topological polar surface area (TPSA) is 79.2 Å². The van der Waals surface area contributed by atoms with E-state index in [-0.39, 0.29) is 17.4 Å².